The third-order valence-electron chi connectivity index (χ3n) is 3.70. The smallest absolute Gasteiger partial charge is 0.265 e. The molecule has 5 heteroatoms. The van der Waals surface area contributed by atoms with E-state index in [1.807, 2.05) is 23.6 Å². The molecule has 0 saturated heterocycles. The molecule has 3 aromatic rings. The number of carbonyl (C=O) groups excluding carboxylic acids is 1. The summed E-state index contributed by atoms with van der Waals surface area (Å²) in [6.45, 7) is 6.25. The SMILES string of the molecule is Cc1cc(C)c(Nc2ccc(NC(=O)c3cccs3)cn2)c(C)c1. The normalized spacial score (nSPS) is 10.5. The van der Waals surface area contributed by atoms with Gasteiger partial charge in [-0.25, -0.2) is 4.98 Å². The molecule has 122 valence electrons. The van der Waals surface area contributed by atoms with E-state index in [0.29, 0.717) is 10.6 Å². The van der Waals surface area contributed by atoms with Gasteiger partial charge in [0.25, 0.3) is 5.91 Å². The summed E-state index contributed by atoms with van der Waals surface area (Å²) in [5.41, 5.74) is 5.36. The molecule has 0 bridgehead atoms. The van der Waals surface area contributed by atoms with Gasteiger partial charge in [0, 0.05) is 5.69 Å². The Morgan fingerprint density at radius 1 is 1.08 bits per heavy atom. The van der Waals surface area contributed by atoms with Gasteiger partial charge in [0.1, 0.15) is 5.82 Å². The fourth-order valence-corrected chi connectivity index (χ4v) is 3.27. The van der Waals surface area contributed by atoms with Crippen molar-refractivity contribution in [3.05, 3.63) is 69.5 Å². The van der Waals surface area contributed by atoms with Crippen molar-refractivity contribution in [3.8, 4) is 0 Å². The molecule has 0 saturated carbocycles. The maximum Gasteiger partial charge on any atom is 0.265 e. The van der Waals surface area contributed by atoms with Crippen LogP contribution in [0.3, 0.4) is 0 Å². The minimum Gasteiger partial charge on any atom is -0.340 e. The fourth-order valence-electron chi connectivity index (χ4n) is 2.65. The van der Waals surface area contributed by atoms with Crippen molar-refractivity contribution >= 4 is 34.4 Å². The van der Waals surface area contributed by atoms with E-state index in [1.165, 1.54) is 28.0 Å². The van der Waals surface area contributed by atoms with Crippen LogP contribution in [0.4, 0.5) is 17.2 Å². The largest absolute Gasteiger partial charge is 0.340 e. The number of nitrogens with one attached hydrogen (secondary N) is 2. The third-order valence-corrected chi connectivity index (χ3v) is 4.57. The van der Waals surface area contributed by atoms with Gasteiger partial charge in [-0.3, -0.25) is 4.79 Å². The van der Waals surface area contributed by atoms with Gasteiger partial charge in [0.15, 0.2) is 0 Å². The molecular weight excluding hydrogens is 318 g/mol. The standard InChI is InChI=1S/C19H19N3OS/c1-12-9-13(2)18(14(3)10-12)22-17-7-6-15(11-20-17)21-19(23)16-5-4-8-24-16/h4-11H,1-3H3,(H,20,22)(H,21,23). The van der Waals surface area contributed by atoms with Gasteiger partial charge in [-0.2, -0.15) is 0 Å². The van der Waals surface area contributed by atoms with Gasteiger partial charge in [0.05, 0.1) is 16.8 Å². The summed E-state index contributed by atoms with van der Waals surface area (Å²) < 4.78 is 0. The lowest BCUT2D eigenvalue weighted by Gasteiger charge is -2.13. The van der Waals surface area contributed by atoms with Crippen LogP contribution in [-0.2, 0) is 0 Å². The first-order valence-corrected chi connectivity index (χ1v) is 8.56. The summed E-state index contributed by atoms with van der Waals surface area (Å²) in [5, 5.41) is 8.08. The fraction of sp³-hybridized carbons (Fsp3) is 0.158. The van der Waals surface area contributed by atoms with Crippen molar-refractivity contribution in [1.82, 2.24) is 4.98 Å². The molecule has 0 unspecified atom stereocenters. The van der Waals surface area contributed by atoms with Gasteiger partial charge in [-0.1, -0.05) is 23.8 Å². The molecule has 0 spiro atoms. The third kappa shape index (κ3) is 3.63. The highest BCUT2D eigenvalue weighted by atomic mass is 32.1. The van der Waals surface area contributed by atoms with Crippen LogP contribution in [0.2, 0.25) is 0 Å². The molecule has 0 atom stereocenters. The molecule has 0 radical (unpaired) electrons. The number of aromatic nitrogens is 1. The van der Waals surface area contributed by atoms with E-state index in [1.54, 1.807) is 12.3 Å². The molecular formula is C19H19N3OS. The second kappa shape index (κ2) is 6.84. The van der Waals surface area contributed by atoms with Gasteiger partial charge >= 0.3 is 0 Å². The minimum absolute atomic E-state index is 0.113. The maximum atomic E-state index is 12.0. The second-order valence-electron chi connectivity index (χ2n) is 5.76. The van der Waals surface area contributed by atoms with Crippen molar-refractivity contribution in [2.24, 2.45) is 0 Å². The number of nitrogens with zero attached hydrogens (tertiary/aromatic N) is 1. The lowest BCUT2D eigenvalue weighted by molar-refractivity contribution is 0.103. The zero-order valence-corrected chi connectivity index (χ0v) is 14.7. The van der Waals surface area contributed by atoms with E-state index >= 15 is 0 Å². The van der Waals surface area contributed by atoms with Crippen LogP contribution in [0.15, 0.2) is 48.0 Å². The van der Waals surface area contributed by atoms with Crippen molar-refractivity contribution in [2.45, 2.75) is 20.8 Å². The average Bonchev–Trinajstić information content (AvgIpc) is 3.07. The Morgan fingerprint density at radius 3 is 2.42 bits per heavy atom. The first-order valence-electron chi connectivity index (χ1n) is 7.69. The average molecular weight is 337 g/mol. The molecule has 4 nitrogen and oxygen atoms in total. The number of anilines is 3. The summed E-state index contributed by atoms with van der Waals surface area (Å²) in [4.78, 5) is 17.1. The Hall–Kier alpha value is -2.66. The zero-order chi connectivity index (χ0) is 17.1. The molecule has 1 amide bonds. The van der Waals surface area contributed by atoms with Gasteiger partial charge in [0.2, 0.25) is 0 Å². The quantitative estimate of drug-likeness (QED) is 0.699. The lowest BCUT2D eigenvalue weighted by Crippen LogP contribution is -2.10. The molecule has 2 N–H and O–H groups in total. The first kappa shape index (κ1) is 16.2. The summed E-state index contributed by atoms with van der Waals surface area (Å²) in [7, 11) is 0. The van der Waals surface area contributed by atoms with Crippen LogP contribution in [0.1, 0.15) is 26.4 Å². The van der Waals surface area contributed by atoms with E-state index in [2.05, 4.69) is 48.5 Å². The Bertz CT molecular complexity index is 832. The van der Waals surface area contributed by atoms with Crippen molar-refractivity contribution < 1.29 is 4.79 Å². The molecule has 0 aliphatic rings. The van der Waals surface area contributed by atoms with Crippen LogP contribution >= 0.6 is 11.3 Å². The molecule has 2 aromatic heterocycles. The summed E-state index contributed by atoms with van der Waals surface area (Å²) >= 11 is 1.41. The van der Waals surface area contributed by atoms with E-state index in [-0.39, 0.29) is 5.91 Å². The van der Waals surface area contributed by atoms with Crippen molar-refractivity contribution in [2.75, 3.05) is 10.6 Å². The molecule has 0 aliphatic carbocycles. The second-order valence-corrected chi connectivity index (χ2v) is 6.71. The van der Waals surface area contributed by atoms with Crippen molar-refractivity contribution in [3.63, 3.8) is 0 Å². The van der Waals surface area contributed by atoms with E-state index in [9.17, 15) is 4.79 Å². The van der Waals surface area contributed by atoms with Gasteiger partial charge in [-0.15, -0.1) is 11.3 Å². The topological polar surface area (TPSA) is 54.0 Å². The van der Waals surface area contributed by atoms with E-state index in [4.69, 9.17) is 0 Å². The van der Waals surface area contributed by atoms with Gasteiger partial charge < -0.3 is 10.6 Å². The minimum atomic E-state index is -0.113. The number of rotatable bonds is 4. The van der Waals surface area contributed by atoms with Crippen LogP contribution in [-0.4, -0.2) is 10.9 Å². The predicted molar refractivity (Wildman–Crippen MR) is 100 cm³/mol. The van der Waals surface area contributed by atoms with Crippen LogP contribution < -0.4 is 10.6 Å². The molecule has 3 rings (SSSR count). The number of amides is 1. The number of pyridine rings is 1. The lowest BCUT2D eigenvalue weighted by atomic mass is 10.1. The number of hydrogen-bond acceptors (Lipinski definition) is 4. The zero-order valence-electron chi connectivity index (χ0n) is 13.9. The summed E-state index contributed by atoms with van der Waals surface area (Å²) in [5.74, 6) is 0.636. The first-order chi connectivity index (χ1) is 11.5. The van der Waals surface area contributed by atoms with Crippen LogP contribution in [0.5, 0.6) is 0 Å². The molecule has 0 aliphatic heterocycles. The summed E-state index contributed by atoms with van der Waals surface area (Å²) in [6.07, 6.45) is 1.66. The number of thiophene rings is 1. The molecule has 24 heavy (non-hydrogen) atoms. The monoisotopic (exact) mass is 337 g/mol. The summed E-state index contributed by atoms with van der Waals surface area (Å²) in [6, 6.07) is 11.7. The van der Waals surface area contributed by atoms with Crippen LogP contribution in [0, 0.1) is 20.8 Å². The Balaban J connectivity index is 1.72. The van der Waals surface area contributed by atoms with Gasteiger partial charge in [-0.05, 0) is 55.5 Å². The molecule has 0 fully saturated rings. The predicted octanol–water partition coefficient (Wildman–Crippen LogP) is 5.06. The number of carbonyl (C=O) groups is 1. The Labute approximate surface area is 145 Å². The molecule has 1 aromatic carbocycles. The highest BCUT2D eigenvalue weighted by Crippen LogP contribution is 2.25. The molecule has 2 heterocycles. The Morgan fingerprint density at radius 2 is 1.83 bits per heavy atom. The highest BCUT2D eigenvalue weighted by Gasteiger charge is 2.08. The highest BCUT2D eigenvalue weighted by molar-refractivity contribution is 7.12. The van der Waals surface area contributed by atoms with E-state index in [0.717, 1.165) is 11.5 Å². The maximum absolute atomic E-state index is 12.0. The van der Waals surface area contributed by atoms with E-state index < -0.39 is 0 Å². The number of hydrogen-bond donors (Lipinski definition) is 2. The van der Waals surface area contributed by atoms with Crippen molar-refractivity contribution in [1.29, 1.82) is 0 Å². The van der Waals surface area contributed by atoms with Crippen LogP contribution in [0.25, 0.3) is 0 Å². The Kier molecular flexibility index (Phi) is 4.62. The number of benzene rings is 1. The number of aryl methyl sites for hydroxylation is 3.